The molecule has 20 heavy (non-hydrogen) atoms. The first-order valence-electron chi connectivity index (χ1n) is 7.11. The van der Waals surface area contributed by atoms with E-state index in [0.29, 0.717) is 11.3 Å². The van der Waals surface area contributed by atoms with Crippen molar-refractivity contribution in [1.29, 1.82) is 0 Å². The molecular formula is C15H22N2O2S. The van der Waals surface area contributed by atoms with Crippen LogP contribution in [0.2, 0.25) is 0 Å². The molecule has 1 N–H and O–H groups in total. The number of nitrogens with zero attached hydrogens (tertiary/aromatic N) is 1. The van der Waals surface area contributed by atoms with Gasteiger partial charge in [-0.25, -0.2) is 0 Å². The standard InChI is InChI=1S/C15H22N2O2S/c1-12-7-6-8-13(14(12)17(18)19)16-11-15(20-2)9-4-3-5-10-15/h6-8,16H,3-5,9-11H2,1-2H3. The van der Waals surface area contributed by atoms with Gasteiger partial charge in [0.2, 0.25) is 0 Å². The number of nitrogens with one attached hydrogen (secondary N) is 1. The number of benzene rings is 1. The summed E-state index contributed by atoms with van der Waals surface area (Å²) in [6, 6.07) is 5.47. The van der Waals surface area contributed by atoms with Crippen molar-refractivity contribution in [2.75, 3.05) is 18.1 Å². The lowest BCUT2D eigenvalue weighted by atomic mass is 9.88. The van der Waals surface area contributed by atoms with Crippen molar-refractivity contribution in [2.24, 2.45) is 0 Å². The molecule has 5 heteroatoms. The Morgan fingerprint density at radius 2 is 2.05 bits per heavy atom. The Balaban J connectivity index is 2.14. The zero-order valence-corrected chi connectivity index (χ0v) is 13.0. The molecule has 0 aromatic heterocycles. The minimum absolute atomic E-state index is 0.208. The number of hydrogen-bond acceptors (Lipinski definition) is 4. The average molecular weight is 294 g/mol. The van der Waals surface area contributed by atoms with Gasteiger partial charge in [0.05, 0.1) is 4.92 Å². The zero-order chi connectivity index (χ0) is 14.6. The summed E-state index contributed by atoms with van der Waals surface area (Å²) < 4.78 is 0.232. The van der Waals surface area contributed by atoms with Gasteiger partial charge in [-0.1, -0.05) is 31.4 Å². The van der Waals surface area contributed by atoms with Crippen molar-refractivity contribution in [3.05, 3.63) is 33.9 Å². The Hall–Kier alpha value is -1.23. The lowest BCUT2D eigenvalue weighted by molar-refractivity contribution is -0.384. The van der Waals surface area contributed by atoms with Crippen molar-refractivity contribution < 1.29 is 4.92 Å². The molecule has 0 spiro atoms. The number of hydrogen-bond donors (Lipinski definition) is 1. The fourth-order valence-corrected chi connectivity index (χ4v) is 3.86. The van der Waals surface area contributed by atoms with Gasteiger partial charge in [-0.2, -0.15) is 11.8 Å². The summed E-state index contributed by atoms with van der Waals surface area (Å²) in [4.78, 5) is 10.9. The van der Waals surface area contributed by atoms with Crippen LogP contribution in [0.25, 0.3) is 0 Å². The molecular weight excluding hydrogens is 272 g/mol. The van der Waals surface area contributed by atoms with Crippen molar-refractivity contribution >= 4 is 23.1 Å². The van der Waals surface area contributed by atoms with Gasteiger partial charge in [-0.05, 0) is 32.1 Å². The molecule has 0 amide bonds. The van der Waals surface area contributed by atoms with Gasteiger partial charge < -0.3 is 5.32 Å². The van der Waals surface area contributed by atoms with Crippen molar-refractivity contribution in [2.45, 2.75) is 43.8 Å². The molecule has 1 fully saturated rings. The zero-order valence-electron chi connectivity index (χ0n) is 12.1. The van der Waals surface area contributed by atoms with Gasteiger partial charge in [0.1, 0.15) is 5.69 Å². The van der Waals surface area contributed by atoms with E-state index >= 15 is 0 Å². The fourth-order valence-electron chi connectivity index (χ4n) is 2.95. The number of nitro groups is 1. The van der Waals surface area contributed by atoms with Crippen LogP contribution in [-0.4, -0.2) is 22.5 Å². The van der Waals surface area contributed by atoms with E-state index in [4.69, 9.17) is 0 Å². The van der Waals surface area contributed by atoms with Crippen molar-refractivity contribution in [3.8, 4) is 0 Å². The van der Waals surface area contributed by atoms with Gasteiger partial charge in [0, 0.05) is 16.9 Å². The second-order valence-electron chi connectivity index (χ2n) is 5.53. The molecule has 0 atom stereocenters. The normalized spacial score (nSPS) is 17.7. The maximum Gasteiger partial charge on any atom is 0.295 e. The van der Waals surface area contributed by atoms with Crippen LogP contribution in [0.3, 0.4) is 0 Å². The molecule has 0 radical (unpaired) electrons. The van der Waals surface area contributed by atoms with Crippen LogP contribution in [0.15, 0.2) is 18.2 Å². The molecule has 0 bridgehead atoms. The van der Waals surface area contributed by atoms with E-state index in [9.17, 15) is 10.1 Å². The Kier molecular flexibility index (Phi) is 4.91. The number of thioether (sulfide) groups is 1. The summed E-state index contributed by atoms with van der Waals surface area (Å²) in [6.07, 6.45) is 8.38. The topological polar surface area (TPSA) is 55.2 Å². The quantitative estimate of drug-likeness (QED) is 0.646. The van der Waals surface area contributed by atoms with Gasteiger partial charge in [-0.15, -0.1) is 0 Å². The maximum absolute atomic E-state index is 11.2. The number of anilines is 1. The molecule has 1 aliphatic rings. The Morgan fingerprint density at radius 3 is 2.65 bits per heavy atom. The van der Waals surface area contributed by atoms with Crippen molar-refractivity contribution in [1.82, 2.24) is 0 Å². The lowest BCUT2D eigenvalue weighted by Crippen LogP contribution is -2.35. The third kappa shape index (κ3) is 3.26. The van der Waals surface area contributed by atoms with Crippen LogP contribution >= 0.6 is 11.8 Å². The maximum atomic E-state index is 11.2. The van der Waals surface area contributed by atoms with E-state index in [-0.39, 0.29) is 15.4 Å². The SMILES string of the molecule is CSC1(CNc2cccc(C)c2[N+](=O)[O-])CCCCC1. The van der Waals surface area contributed by atoms with E-state index in [2.05, 4.69) is 11.6 Å². The van der Waals surface area contributed by atoms with Crippen LogP contribution in [0, 0.1) is 17.0 Å². The van der Waals surface area contributed by atoms with E-state index < -0.39 is 0 Å². The molecule has 1 aromatic carbocycles. The molecule has 0 aliphatic heterocycles. The fraction of sp³-hybridized carbons (Fsp3) is 0.600. The highest BCUT2D eigenvalue weighted by atomic mass is 32.2. The summed E-state index contributed by atoms with van der Waals surface area (Å²) >= 11 is 1.90. The highest BCUT2D eigenvalue weighted by Gasteiger charge is 2.31. The van der Waals surface area contributed by atoms with Crippen LogP contribution in [0.1, 0.15) is 37.7 Å². The largest absolute Gasteiger partial charge is 0.378 e. The minimum atomic E-state index is -0.287. The predicted molar refractivity (Wildman–Crippen MR) is 85.7 cm³/mol. The molecule has 110 valence electrons. The molecule has 0 unspecified atom stereocenters. The first kappa shape index (κ1) is 15.2. The summed E-state index contributed by atoms with van der Waals surface area (Å²) in [5, 5.41) is 14.5. The van der Waals surface area contributed by atoms with E-state index in [1.807, 2.05) is 23.9 Å². The van der Waals surface area contributed by atoms with Crippen molar-refractivity contribution in [3.63, 3.8) is 0 Å². The van der Waals surface area contributed by atoms with Crippen LogP contribution in [0.5, 0.6) is 0 Å². The third-order valence-electron chi connectivity index (χ3n) is 4.22. The average Bonchev–Trinajstić information content (AvgIpc) is 2.45. The van der Waals surface area contributed by atoms with E-state index in [0.717, 1.165) is 6.54 Å². The summed E-state index contributed by atoms with van der Waals surface area (Å²) in [5.74, 6) is 0. The van der Waals surface area contributed by atoms with E-state index in [1.165, 1.54) is 32.1 Å². The number of aryl methyl sites for hydroxylation is 1. The molecule has 2 rings (SSSR count). The van der Waals surface area contributed by atoms with Crippen LogP contribution in [0.4, 0.5) is 11.4 Å². The summed E-state index contributed by atoms with van der Waals surface area (Å²) in [7, 11) is 0. The van der Waals surface area contributed by atoms with Crippen LogP contribution in [-0.2, 0) is 0 Å². The molecule has 1 aliphatic carbocycles. The number of rotatable bonds is 5. The van der Waals surface area contributed by atoms with Gasteiger partial charge >= 0.3 is 0 Å². The first-order valence-corrected chi connectivity index (χ1v) is 8.33. The first-order chi connectivity index (χ1) is 9.58. The van der Waals surface area contributed by atoms with Crippen LogP contribution < -0.4 is 5.32 Å². The molecule has 1 aromatic rings. The molecule has 0 saturated heterocycles. The Morgan fingerprint density at radius 1 is 1.35 bits per heavy atom. The van der Waals surface area contributed by atoms with Gasteiger partial charge in [0.25, 0.3) is 5.69 Å². The third-order valence-corrected chi connectivity index (χ3v) is 5.64. The molecule has 0 heterocycles. The molecule has 4 nitrogen and oxygen atoms in total. The van der Waals surface area contributed by atoms with Gasteiger partial charge in [0.15, 0.2) is 0 Å². The van der Waals surface area contributed by atoms with Gasteiger partial charge in [-0.3, -0.25) is 10.1 Å². The monoisotopic (exact) mass is 294 g/mol. The minimum Gasteiger partial charge on any atom is -0.378 e. The molecule has 1 saturated carbocycles. The number of nitro benzene ring substituents is 1. The highest BCUT2D eigenvalue weighted by Crippen LogP contribution is 2.39. The second-order valence-corrected chi connectivity index (χ2v) is 6.80. The Labute approximate surface area is 124 Å². The lowest BCUT2D eigenvalue weighted by Gasteiger charge is -2.36. The number of para-hydroxylation sites is 1. The summed E-state index contributed by atoms with van der Waals surface area (Å²) in [6.45, 7) is 2.59. The smallest absolute Gasteiger partial charge is 0.295 e. The second kappa shape index (κ2) is 6.48. The Bertz CT molecular complexity index is 485. The summed E-state index contributed by atoms with van der Waals surface area (Å²) in [5.41, 5.74) is 1.57. The van der Waals surface area contributed by atoms with E-state index in [1.54, 1.807) is 13.0 Å². The predicted octanol–water partition coefficient (Wildman–Crippen LogP) is 4.38. The highest BCUT2D eigenvalue weighted by molar-refractivity contribution is 8.00.